The maximum atomic E-state index is 10.3. The maximum Gasteiger partial charge on any atom is 0.220 e. The number of aromatic nitrogens is 2. The minimum absolute atomic E-state index is 0. The molecule has 2 heterocycles. The van der Waals surface area contributed by atoms with Gasteiger partial charge in [-0.3, -0.25) is 0 Å². The molecule has 1 unspecified atom stereocenters. The van der Waals surface area contributed by atoms with Gasteiger partial charge in [-0.2, -0.15) is 0 Å². The van der Waals surface area contributed by atoms with Crippen LogP contribution in [-0.4, -0.2) is 41.3 Å². The Bertz CT molecular complexity index is 707. The third kappa shape index (κ3) is 4.50. The SMILES string of the molecule is Cl.NCCOc1cccc(O)c1-c1cc(C2CCCNC2)nc(N)n1. The van der Waals surface area contributed by atoms with Crippen molar-refractivity contribution in [3.8, 4) is 22.8 Å². The van der Waals surface area contributed by atoms with Gasteiger partial charge in [-0.15, -0.1) is 12.4 Å². The minimum atomic E-state index is 0. The summed E-state index contributed by atoms with van der Waals surface area (Å²) in [6, 6.07) is 7.00. The van der Waals surface area contributed by atoms with Crippen LogP contribution < -0.4 is 21.5 Å². The van der Waals surface area contributed by atoms with Crippen molar-refractivity contribution in [1.82, 2.24) is 15.3 Å². The van der Waals surface area contributed by atoms with Gasteiger partial charge < -0.3 is 26.6 Å². The number of nitrogens with one attached hydrogen (secondary N) is 1. The van der Waals surface area contributed by atoms with E-state index in [0.717, 1.165) is 31.6 Å². The first-order valence-corrected chi connectivity index (χ1v) is 8.19. The number of rotatable bonds is 5. The number of nitrogen functional groups attached to an aromatic ring is 1. The third-order valence-electron chi connectivity index (χ3n) is 4.11. The molecule has 1 aliphatic heterocycles. The highest BCUT2D eigenvalue weighted by Crippen LogP contribution is 2.38. The molecule has 1 atom stereocenters. The number of piperidine rings is 1. The zero-order valence-corrected chi connectivity index (χ0v) is 14.8. The lowest BCUT2D eigenvalue weighted by molar-refractivity contribution is 0.327. The Kier molecular flexibility index (Phi) is 6.81. The molecule has 1 aromatic heterocycles. The quantitative estimate of drug-likeness (QED) is 0.636. The largest absolute Gasteiger partial charge is 0.507 e. The standard InChI is InChI=1S/C17H23N5O2.ClH/c18-6-8-24-15-5-1-4-14(23)16(15)13-9-12(21-17(19)22-13)11-3-2-7-20-10-11;/h1,4-5,9,11,20,23H,2-3,6-8,10,18H2,(H2,19,21,22);1H. The normalized spacial score (nSPS) is 16.9. The number of nitrogens with two attached hydrogens (primary N) is 2. The molecule has 136 valence electrons. The van der Waals surface area contributed by atoms with Gasteiger partial charge in [-0.25, -0.2) is 9.97 Å². The van der Waals surface area contributed by atoms with E-state index in [1.807, 2.05) is 6.07 Å². The Labute approximate surface area is 153 Å². The molecule has 0 radical (unpaired) electrons. The smallest absolute Gasteiger partial charge is 0.220 e. The highest BCUT2D eigenvalue weighted by Gasteiger charge is 2.20. The summed E-state index contributed by atoms with van der Waals surface area (Å²) in [5.41, 5.74) is 13.4. The molecule has 1 saturated heterocycles. The van der Waals surface area contributed by atoms with Crippen LogP contribution in [0.5, 0.6) is 11.5 Å². The maximum absolute atomic E-state index is 10.3. The zero-order valence-electron chi connectivity index (χ0n) is 13.9. The average molecular weight is 366 g/mol. The highest BCUT2D eigenvalue weighted by atomic mass is 35.5. The Hall–Kier alpha value is -2.09. The number of phenols is 1. The van der Waals surface area contributed by atoms with Gasteiger partial charge in [0.05, 0.1) is 17.0 Å². The molecule has 7 nitrogen and oxygen atoms in total. The molecule has 2 aromatic rings. The van der Waals surface area contributed by atoms with Crippen molar-refractivity contribution < 1.29 is 9.84 Å². The van der Waals surface area contributed by atoms with Crippen LogP contribution >= 0.6 is 12.4 Å². The Balaban J connectivity index is 0.00000225. The molecule has 1 aromatic carbocycles. The van der Waals surface area contributed by atoms with Crippen LogP contribution in [0, 0.1) is 0 Å². The second-order valence-corrected chi connectivity index (χ2v) is 5.87. The van der Waals surface area contributed by atoms with Crippen LogP contribution in [0.25, 0.3) is 11.3 Å². The second-order valence-electron chi connectivity index (χ2n) is 5.87. The van der Waals surface area contributed by atoms with Gasteiger partial charge in [-0.1, -0.05) is 6.07 Å². The van der Waals surface area contributed by atoms with Gasteiger partial charge in [-0.05, 0) is 37.6 Å². The molecule has 3 rings (SSSR count). The van der Waals surface area contributed by atoms with Crippen molar-refractivity contribution >= 4 is 18.4 Å². The summed E-state index contributed by atoms with van der Waals surface area (Å²) in [6.45, 7) is 2.64. The molecular weight excluding hydrogens is 342 g/mol. The van der Waals surface area contributed by atoms with Crippen molar-refractivity contribution in [2.24, 2.45) is 5.73 Å². The number of hydrogen-bond acceptors (Lipinski definition) is 7. The van der Waals surface area contributed by atoms with E-state index in [9.17, 15) is 5.11 Å². The predicted octanol–water partition coefficient (Wildman–Crippen LogP) is 1.66. The van der Waals surface area contributed by atoms with Crippen LogP contribution in [0.4, 0.5) is 5.95 Å². The van der Waals surface area contributed by atoms with E-state index in [1.54, 1.807) is 18.2 Å². The zero-order chi connectivity index (χ0) is 16.9. The summed E-state index contributed by atoms with van der Waals surface area (Å²) in [5, 5.41) is 13.7. The lowest BCUT2D eigenvalue weighted by atomic mass is 9.95. The van der Waals surface area contributed by atoms with Crippen molar-refractivity contribution in [2.45, 2.75) is 18.8 Å². The van der Waals surface area contributed by atoms with Crippen molar-refractivity contribution in [3.63, 3.8) is 0 Å². The van der Waals surface area contributed by atoms with E-state index < -0.39 is 0 Å². The van der Waals surface area contributed by atoms with E-state index in [2.05, 4.69) is 15.3 Å². The van der Waals surface area contributed by atoms with E-state index in [4.69, 9.17) is 16.2 Å². The van der Waals surface area contributed by atoms with Gasteiger partial charge in [0.15, 0.2) is 0 Å². The number of aromatic hydroxyl groups is 1. The van der Waals surface area contributed by atoms with E-state index in [1.165, 1.54) is 0 Å². The van der Waals surface area contributed by atoms with Crippen LogP contribution in [0.2, 0.25) is 0 Å². The van der Waals surface area contributed by atoms with Crippen molar-refractivity contribution in [3.05, 3.63) is 30.0 Å². The van der Waals surface area contributed by atoms with Gasteiger partial charge in [0, 0.05) is 19.0 Å². The van der Waals surface area contributed by atoms with Gasteiger partial charge in [0.2, 0.25) is 5.95 Å². The van der Waals surface area contributed by atoms with Crippen LogP contribution in [0.1, 0.15) is 24.5 Å². The first-order chi connectivity index (χ1) is 11.7. The summed E-state index contributed by atoms with van der Waals surface area (Å²) >= 11 is 0. The summed E-state index contributed by atoms with van der Waals surface area (Å²) in [6.07, 6.45) is 2.16. The first-order valence-electron chi connectivity index (χ1n) is 8.19. The van der Waals surface area contributed by atoms with Crippen LogP contribution in [-0.2, 0) is 0 Å². The minimum Gasteiger partial charge on any atom is -0.507 e. The monoisotopic (exact) mass is 365 g/mol. The number of phenolic OH excluding ortho intramolecular Hbond substituents is 1. The van der Waals surface area contributed by atoms with Crippen molar-refractivity contribution in [1.29, 1.82) is 0 Å². The van der Waals surface area contributed by atoms with Gasteiger partial charge in [0.25, 0.3) is 0 Å². The molecular formula is C17H24ClN5O2. The lowest BCUT2D eigenvalue weighted by Crippen LogP contribution is -2.29. The van der Waals surface area contributed by atoms with Crippen LogP contribution in [0.3, 0.4) is 0 Å². The molecule has 0 spiro atoms. The predicted molar refractivity (Wildman–Crippen MR) is 100 cm³/mol. The molecule has 1 fully saturated rings. The molecule has 0 amide bonds. The van der Waals surface area contributed by atoms with E-state index in [0.29, 0.717) is 36.1 Å². The molecule has 25 heavy (non-hydrogen) atoms. The Morgan fingerprint density at radius 3 is 2.88 bits per heavy atom. The fraction of sp³-hybridized carbons (Fsp3) is 0.412. The Morgan fingerprint density at radius 2 is 2.16 bits per heavy atom. The summed E-state index contributed by atoms with van der Waals surface area (Å²) in [7, 11) is 0. The molecule has 0 bridgehead atoms. The first kappa shape index (κ1) is 19.2. The topological polar surface area (TPSA) is 119 Å². The number of benzene rings is 1. The summed E-state index contributed by atoms with van der Waals surface area (Å²) < 4.78 is 5.65. The highest BCUT2D eigenvalue weighted by molar-refractivity contribution is 5.85. The lowest BCUT2D eigenvalue weighted by Gasteiger charge is -2.23. The van der Waals surface area contributed by atoms with Gasteiger partial charge in [0.1, 0.15) is 18.1 Å². The molecule has 6 N–H and O–H groups in total. The average Bonchev–Trinajstić information content (AvgIpc) is 2.60. The molecule has 8 heteroatoms. The van der Waals surface area contributed by atoms with E-state index in [-0.39, 0.29) is 24.1 Å². The summed E-state index contributed by atoms with van der Waals surface area (Å²) in [5.74, 6) is 1.12. The summed E-state index contributed by atoms with van der Waals surface area (Å²) in [4.78, 5) is 8.69. The fourth-order valence-corrected chi connectivity index (χ4v) is 2.99. The third-order valence-corrected chi connectivity index (χ3v) is 4.11. The number of nitrogens with zero attached hydrogens (tertiary/aromatic N) is 2. The molecule has 0 saturated carbocycles. The number of anilines is 1. The van der Waals surface area contributed by atoms with E-state index >= 15 is 0 Å². The van der Waals surface area contributed by atoms with Crippen LogP contribution in [0.15, 0.2) is 24.3 Å². The fourth-order valence-electron chi connectivity index (χ4n) is 2.99. The number of halogens is 1. The number of ether oxygens (including phenoxy) is 1. The molecule has 1 aliphatic rings. The van der Waals surface area contributed by atoms with Crippen molar-refractivity contribution in [2.75, 3.05) is 32.0 Å². The second kappa shape index (κ2) is 8.84. The Morgan fingerprint density at radius 1 is 1.32 bits per heavy atom. The van der Waals surface area contributed by atoms with Gasteiger partial charge >= 0.3 is 0 Å². The molecule has 0 aliphatic carbocycles. The number of hydrogen-bond donors (Lipinski definition) is 4.